The zero-order valence-corrected chi connectivity index (χ0v) is 17.5. The van der Waals surface area contributed by atoms with E-state index in [2.05, 4.69) is 10.7 Å². The van der Waals surface area contributed by atoms with Gasteiger partial charge in [-0.15, -0.1) is 10.1 Å². The van der Waals surface area contributed by atoms with Crippen molar-refractivity contribution in [3.05, 3.63) is 101 Å². The number of hydrazine groups is 1. The Balaban J connectivity index is 1.69. The number of hydrogen-bond acceptors (Lipinski definition) is 3. The predicted octanol–water partition coefficient (Wildman–Crippen LogP) is 3.36. The number of methoxy groups -OCH3 is 1. The number of carbonyl (C=O) groups is 2. The first kappa shape index (κ1) is 20.6. The minimum atomic E-state index is -0.795. The molecule has 1 fully saturated rings. The molecule has 0 radical (unpaired) electrons. The first-order chi connectivity index (χ1) is 15.0. The smallest absolute Gasteiger partial charge is 0.304 e. The summed E-state index contributed by atoms with van der Waals surface area (Å²) in [6.07, 6.45) is 1.85. The van der Waals surface area contributed by atoms with E-state index in [1.807, 2.05) is 60.8 Å². The molecule has 1 saturated heterocycles. The third-order valence-electron chi connectivity index (χ3n) is 5.08. The van der Waals surface area contributed by atoms with Crippen LogP contribution in [0.5, 0.6) is 5.75 Å². The Labute approximate surface area is 185 Å². The van der Waals surface area contributed by atoms with Crippen molar-refractivity contribution in [3.63, 3.8) is 0 Å². The highest BCUT2D eigenvalue weighted by atomic mass is 35.5. The summed E-state index contributed by atoms with van der Waals surface area (Å²) in [6, 6.07) is 22.4. The predicted molar refractivity (Wildman–Crippen MR) is 118 cm³/mol. The molecule has 0 bridgehead atoms. The Hall–Kier alpha value is -3.64. The molecule has 31 heavy (non-hydrogen) atoms. The average molecular weight is 435 g/mol. The fraction of sp³-hybridized carbons (Fsp3) is 0.125. The average Bonchev–Trinajstić information content (AvgIpc) is 3.09. The normalized spacial score (nSPS) is 19.2. The van der Waals surface area contributed by atoms with Crippen LogP contribution in [-0.4, -0.2) is 35.9 Å². The van der Waals surface area contributed by atoms with Gasteiger partial charge in [0.2, 0.25) is 12.3 Å². The number of ether oxygens (including phenoxy) is 1. The van der Waals surface area contributed by atoms with E-state index in [0.717, 1.165) is 11.1 Å². The zero-order valence-electron chi connectivity index (χ0n) is 16.8. The number of amides is 2. The molecule has 0 spiro atoms. The van der Waals surface area contributed by atoms with Gasteiger partial charge in [-0.2, -0.15) is 0 Å². The van der Waals surface area contributed by atoms with E-state index < -0.39 is 12.1 Å². The van der Waals surface area contributed by atoms with Crippen LogP contribution >= 0.6 is 11.6 Å². The highest BCUT2D eigenvalue weighted by Gasteiger charge is 2.47. The number of carbonyl (C=O) groups excluding carboxylic acids is 2. The largest absolute Gasteiger partial charge is 0.497 e. The molecule has 156 valence electrons. The molecular formula is C24H21ClN3O3+. The molecule has 0 aliphatic carbocycles. The molecular weight excluding hydrogens is 414 g/mol. The summed E-state index contributed by atoms with van der Waals surface area (Å²) in [5.41, 5.74) is 5.07. The van der Waals surface area contributed by atoms with Crippen molar-refractivity contribution in [3.8, 4) is 5.75 Å². The first-order valence-electron chi connectivity index (χ1n) is 9.74. The minimum Gasteiger partial charge on any atom is -0.497 e. The maximum atomic E-state index is 12.9. The number of benzene rings is 3. The maximum absolute atomic E-state index is 12.9. The van der Waals surface area contributed by atoms with E-state index in [1.54, 1.807) is 36.1 Å². The zero-order chi connectivity index (χ0) is 21.8. The number of nitrogens with zero attached hydrogens (tertiary/aromatic N) is 1. The van der Waals surface area contributed by atoms with E-state index >= 15 is 0 Å². The molecule has 2 atom stereocenters. The van der Waals surface area contributed by atoms with Crippen LogP contribution in [0.25, 0.3) is 0 Å². The van der Waals surface area contributed by atoms with Gasteiger partial charge >= 0.3 is 5.91 Å². The number of hydrazone groups is 1. The molecule has 4 rings (SSSR count). The van der Waals surface area contributed by atoms with Crippen LogP contribution in [0.1, 0.15) is 27.5 Å². The Kier molecular flexibility index (Phi) is 6.00. The summed E-state index contributed by atoms with van der Waals surface area (Å²) in [6.45, 7) is 0. The second-order valence-corrected chi connectivity index (χ2v) is 7.54. The minimum absolute atomic E-state index is 0.296. The van der Waals surface area contributed by atoms with Gasteiger partial charge in [0.15, 0.2) is 6.04 Å². The van der Waals surface area contributed by atoms with Crippen molar-refractivity contribution in [1.29, 1.82) is 0 Å². The van der Waals surface area contributed by atoms with Crippen LogP contribution in [0.15, 0.2) is 78.9 Å². The quantitative estimate of drug-likeness (QED) is 0.605. The molecule has 0 aromatic heterocycles. The molecule has 1 heterocycles. The van der Waals surface area contributed by atoms with Gasteiger partial charge in [0.05, 0.1) is 7.11 Å². The Morgan fingerprint density at radius 2 is 1.71 bits per heavy atom. The first-order valence-corrected chi connectivity index (χ1v) is 10.1. The summed E-state index contributed by atoms with van der Waals surface area (Å²) >= 11 is 5.92. The number of halogens is 1. The lowest BCUT2D eigenvalue weighted by Crippen LogP contribution is -2.42. The van der Waals surface area contributed by atoms with Crippen molar-refractivity contribution in [2.75, 3.05) is 7.11 Å². The second-order valence-electron chi connectivity index (χ2n) is 7.10. The number of hydrogen-bond donors (Lipinski definition) is 2. The molecule has 0 unspecified atom stereocenters. The molecule has 7 heteroatoms. The Bertz CT molecular complexity index is 1110. The lowest BCUT2D eigenvalue weighted by molar-refractivity contribution is -0.596. The topological polar surface area (TPSA) is 70.4 Å². The van der Waals surface area contributed by atoms with Gasteiger partial charge < -0.3 is 10.1 Å². The van der Waals surface area contributed by atoms with E-state index in [1.165, 1.54) is 0 Å². The summed E-state index contributed by atoms with van der Waals surface area (Å²) in [7, 11) is 1.60. The number of nitrogens with one attached hydrogen (secondary N) is 2. The summed E-state index contributed by atoms with van der Waals surface area (Å²) in [5, 5.41) is 3.41. The molecule has 2 N–H and O–H groups in total. The van der Waals surface area contributed by atoms with Gasteiger partial charge in [-0.25, -0.2) is 0 Å². The Morgan fingerprint density at radius 1 is 1.03 bits per heavy atom. The van der Waals surface area contributed by atoms with Gasteiger partial charge in [-0.1, -0.05) is 29.8 Å². The molecule has 3 aromatic rings. The molecule has 1 aliphatic heterocycles. The van der Waals surface area contributed by atoms with Crippen molar-refractivity contribution in [2.24, 2.45) is 0 Å². The molecule has 3 aromatic carbocycles. The van der Waals surface area contributed by atoms with E-state index in [4.69, 9.17) is 16.3 Å². The Morgan fingerprint density at radius 3 is 2.35 bits per heavy atom. The van der Waals surface area contributed by atoms with Crippen LogP contribution in [-0.2, 0) is 4.79 Å². The van der Waals surface area contributed by atoms with Crippen molar-refractivity contribution in [2.45, 2.75) is 12.1 Å². The van der Waals surface area contributed by atoms with Crippen LogP contribution in [0.3, 0.4) is 0 Å². The summed E-state index contributed by atoms with van der Waals surface area (Å²) in [5.74, 6) is 0.0635. The fourth-order valence-corrected chi connectivity index (χ4v) is 3.63. The molecule has 6 nitrogen and oxygen atoms in total. The van der Waals surface area contributed by atoms with Crippen LogP contribution < -0.4 is 15.5 Å². The van der Waals surface area contributed by atoms with Crippen LogP contribution in [0.4, 0.5) is 0 Å². The molecule has 1 aliphatic rings. The molecule has 2 amide bonds. The second kappa shape index (κ2) is 9.02. The monoisotopic (exact) mass is 434 g/mol. The lowest BCUT2D eigenvalue weighted by Gasteiger charge is -2.15. The van der Waals surface area contributed by atoms with Crippen LogP contribution in [0, 0.1) is 0 Å². The van der Waals surface area contributed by atoms with Gasteiger partial charge in [0.1, 0.15) is 5.75 Å². The third-order valence-corrected chi connectivity index (χ3v) is 5.33. The van der Waals surface area contributed by atoms with Crippen molar-refractivity contribution >= 4 is 29.6 Å². The van der Waals surface area contributed by atoms with Crippen LogP contribution in [0.2, 0.25) is 5.02 Å². The van der Waals surface area contributed by atoms with Gasteiger partial charge in [0, 0.05) is 21.7 Å². The van der Waals surface area contributed by atoms with E-state index in [0.29, 0.717) is 16.3 Å². The van der Waals surface area contributed by atoms with E-state index in [-0.39, 0.29) is 11.8 Å². The highest BCUT2D eigenvalue weighted by Crippen LogP contribution is 2.27. The van der Waals surface area contributed by atoms with Crippen molar-refractivity contribution < 1.29 is 19.0 Å². The van der Waals surface area contributed by atoms with Gasteiger partial charge in [0.25, 0.3) is 5.91 Å². The maximum Gasteiger partial charge on any atom is 0.304 e. The van der Waals surface area contributed by atoms with Gasteiger partial charge in [-0.05, 0) is 60.7 Å². The molecule has 0 saturated carbocycles. The summed E-state index contributed by atoms with van der Waals surface area (Å²) in [4.78, 5) is 25.7. The lowest BCUT2D eigenvalue weighted by atomic mass is 9.99. The fourth-order valence-electron chi connectivity index (χ4n) is 3.51. The number of rotatable bonds is 5. The van der Waals surface area contributed by atoms with E-state index in [9.17, 15) is 9.59 Å². The summed E-state index contributed by atoms with van der Waals surface area (Å²) < 4.78 is 6.98. The van der Waals surface area contributed by atoms with Gasteiger partial charge in [-0.3, -0.25) is 9.59 Å². The SMILES string of the molecule is COc1ccc([C@@H]2[C@H](NC(=O)c3ccc(Cl)cc3)C(=O)N/[N+]2=C\c2ccccc2)cc1. The highest BCUT2D eigenvalue weighted by molar-refractivity contribution is 6.30. The standard InChI is InChI=1S/C24H20ClN3O3/c1-31-20-13-9-17(10-14-20)22-21(26-23(29)18-7-11-19(25)12-8-18)24(30)27-28(22)15-16-5-3-2-4-6-16/h2-15,21-22H,1H3,(H-,26,27,29,30)/p+1/b28-15-/t21-,22+/m0/s1. The third kappa shape index (κ3) is 4.59. The van der Waals surface area contributed by atoms with Crippen molar-refractivity contribution in [1.82, 2.24) is 10.7 Å².